The van der Waals surface area contributed by atoms with Gasteiger partial charge in [-0.2, -0.15) is 0 Å². The van der Waals surface area contributed by atoms with Crippen LogP contribution in [0.3, 0.4) is 0 Å². The highest BCUT2D eigenvalue weighted by molar-refractivity contribution is 7.71. The van der Waals surface area contributed by atoms with Gasteiger partial charge in [0, 0.05) is 33.2 Å². The molecule has 0 amide bonds. The average molecular weight is 358 g/mol. The minimum absolute atomic E-state index is 0.153. The number of carbonyl (C=O) groups excluding carboxylic acids is 3. The van der Waals surface area contributed by atoms with Crippen molar-refractivity contribution in [1.82, 2.24) is 9.55 Å². The molecule has 2 heterocycles. The van der Waals surface area contributed by atoms with E-state index in [1.54, 1.807) is 12.4 Å². The van der Waals surface area contributed by atoms with Crippen LogP contribution in [0.4, 0.5) is 0 Å². The number of imidazole rings is 1. The van der Waals surface area contributed by atoms with Crippen LogP contribution < -0.4 is 0 Å². The Morgan fingerprint density at radius 3 is 2.29 bits per heavy atom. The van der Waals surface area contributed by atoms with Gasteiger partial charge in [-0.05, 0) is 12.2 Å². The van der Waals surface area contributed by atoms with Crippen LogP contribution in [0.25, 0.3) is 0 Å². The molecule has 1 aromatic rings. The molecular weight excluding hydrogens is 340 g/mol. The van der Waals surface area contributed by atoms with Gasteiger partial charge in [0.15, 0.2) is 23.2 Å². The van der Waals surface area contributed by atoms with Crippen molar-refractivity contribution in [3.8, 4) is 0 Å². The van der Waals surface area contributed by atoms with Crippen LogP contribution in [0.15, 0.2) is 12.4 Å². The highest BCUT2D eigenvalue weighted by atomic mass is 32.1. The highest BCUT2D eigenvalue weighted by Gasteiger charge is 2.50. The van der Waals surface area contributed by atoms with Crippen molar-refractivity contribution in [2.45, 2.75) is 45.3 Å². The van der Waals surface area contributed by atoms with Gasteiger partial charge in [0.1, 0.15) is 12.7 Å². The summed E-state index contributed by atoms with van der Waals surface area (Å²) in [5.41, 5.74) is 0. The lowest BCUT2D eigenvalue weighted by molar-refractivity contribution is -0.166. The molecule has 24 heavy (non-hydrogen) atoms. The zero-order chi connectivity index (χ0) is 17.9. The Kier molecular flexibility index (Phi) is 5.73. The van der Waals surface area contributed by atoms with Crippen LogP contribution in [0, 0.1) is 4.77 Å². The van der Waals surface area contributed by atoms with Crippen molar-refractivity contribution < 1.29 is 33.3 Å². The summed E-state index contributed by atoms with van der Waals surface area (Å²) >= 11 is 5.15. The summed E-state index contributed by atoms with van der Waals surface area (Å²) < 4.78 is 23.2. The molecule has 132 valence electrons. The van der Waals surface area contributed by atoms with Gasteiger partial charge >= 0.3 is 17.9 Å². The molecule has 0 spiro atoms. The quantitative estimate of drug-likeness (QED) is 0.469. The van der Waals surface area contributed by atoms with E-state index in [-0.39, 0.29) is 6.61 Å². The number of aromatic nitrogens is 2. The Morgan fingerprint density at radius 2 is 1.79 bits per heavy atom. The first-order valence-electron chi connectivity index (χ1n) is 7.18. The van der Waals surface area contributed by atoms with Crippen LogP contribution in [0.2, 0.25) is 0 Å². The van der Waals surface area contributed by atoms with Crippen LogP contribution in [-0.2, 0) is 33.3 Å². The molecule has 4 atom stereocenters. The van der Waals surface area contributed by atoms with Crippen molar-refractivity contribution in [3.05, 3.63) is 17.2 Å². The Bertz CT molecular complexity index is 683. The molecule has 0 aliphatic carbocycles. The van der Waals surface area contributed by atoms with E-state index in [2.05, 4.69) is 4.98 Å². The first-order valence-corrected chi connectivity index (χ1v) is 7.59. The molecule has 1 aliphatic heterocycles. The fraction of sp³-hybridized carbons (Fsp3) is 0.571. The molecular formula is C14H18N2O7S. The average Bonchev–Trinajstić information content (AvgIpc) is 3.01. The summed E-state index contributed by atoms with van der Waals surface area (Å²) in [5, 5.41) is 0. The second-order valence-corrected chi connectivity index (χ2v) is 5.57. The highest BCUT2D eigenvalue weighted by Crippen LogP contribution is 2.34. The minimum atomic E-state index is -0.937. The molecule has 9 nitrogen and oxygen atoms in total. The molecule has 10 heteroatoms. The van der Waals surface area contributed by atoms with E-state index < -0.39 is 42.4 Å². The largest absolute Gasteiger partial charge is 0.463 e. The predicted octanol–water partition coefficient (Wildman–Crippen LogP) is 0.870. The molecule has 0 aromatic carbocycles. The van der Waals surface area contributed by atoms with E-state index in [1.165, 1.54) is 25.3 Å². The van der Waals surface area contributed by atoms with Crippen LogP contribution in [0.1, 0.15) is 27.0 Å². The van der Waals surface area contributed by atoms with Gasteiger partial charge in [-0.3, -0.25) is 19.0 Å². The molecule has 0 radical (unpaired) electrons. The maximum Gasteiger partial charge on any atom is 0.303 e. The van der Waals surface area contributed by atoms with Gasteiger partial charge in [0.05, 0.1) is 0 Å². The number of aromatic amines is 1. The molecule has 1 aliphatic rings. The monoisotopic (exact) mass is 358 g/mol. The zero-order valence-electron chi connectivity index (χ0n) is 13.4. The first-order chi connectivity index (χ1) is 11.3. The number of nitrogens with one attached hydrogen (secondary N) is 1. The molecule has 0 unspecified atom stereocenters. The maximum atomic E-state index is 11.5. The van der Waals surface area contributed by atoms with Crippen molar-refractivity contribution >= 4 is 30.1 Å². The molecule has 2 rings (SSSR count). The van der Waals surface area contributed by atoms with Gasteiger partial charge in [-0.15, -0.1) is 0 Å². The first kappa shape index (κ1) is 18.1. The van der Waals surface area contributed by atoms with Crippen molar-refractivity contribution in [1.29, 1.82) is 0 Å². The fourth-order valence-corrected chi connectivity index (χ4v) is 2.68. The van der Waals surface area contributed by atoms with Gasteiger partial charge < -0.3 is 23.9 Å². The number of H-pyrrole nitrogens is 1. The number of ether oxygens (including phenoxy) is 4. The van der Waals surface area contributed by atoms with E-state index in [4.69, 9.17) is 31.2 Å². The predicted molar refractivity (Wildman–Crippen MR) is 81.3 cm³/mol. The van der Waals surface area contributed by atoms with Crippen LogP contribution in [0.5, 0.6) is 0 Å². The second kappa shape index (κ2) is 7.58. The van der Waals surface area contributed by atoms with Crippen molar-refractivity contribution in [2.75, 3.05) is 6.61 Å². The Hall–Kier alpha value is -2.20. The lowest BCUT2D eigenvalue weighted by Crippen LogP contribution is -2.40. The maximum absolute atomic E-state index is 11.5. The van der Waals surface area contributed by atoms with E-state index in [0.29, 0.717) is 4.77 Å². The third-order valence-corrected chi connectivity index (χ3v) is 3.62. The molecule has 0 saturated carbocycles. The van der Waals surface area contributed by atoms with Crippen LogP contribution in [-0.4, -0.2) is 52.4 Å². The summed E-state index contributed by atoms with van der Waals surface area (Å²) in [6.07, 6.45) is -0.289. The Balaban J connectivity index is 2.33. The van der Waals surface area contributed by atoms with Crippen molar-refractivity contribution in [3.63, 3.8) is 0 Å². The normalized spacial score (nSPS) is 26.0. The third kappa shape index (κ3) is 4.20. The number of carbonyl (C=O) groups is 3. The van der Waals surface area contributed by atoms with Gasteiger partial charge in [-0.1, -0.05) is 0 Å². The summed E-state index contributed by atoms with van der Waals surface area (Å²) in [7, 11) is 0. The van der Waals surface area contributed by atoms with E-state index in [9.17, 15) is 14.4 Å². The topological polar surface area (TPSA) is 109 Å². The summed E-state index contributed by atoms with van der Waals surface area (Å²) in [6.45, 7) is 3.55. The Morgan fingerprint density at radius 1 is 1.17 bits per heavy atom. The number of esters is 3. The zero-order valence-corrected chi connectivity index (χ0v) is 14.2. The number of hydrogen-bond acceptors (Lipinski definition) is 8. The number of nitrogens with zero attached hydrogens (tertiary/aromatic N) is 1. The SMILES string of the molecule is CC(=O)OC[C@H]1O[C@@H](n2cc[nH]c2=S)[C@@H](OC(C)=O)[C@@H]1OC(C)=O. The van der Waals surface area contributed by atoms with Gasteiger partial charge in [0.25, 0.3) is 0 Å². The van der Waals surface area contributed by atoms with E-state index in [0.717, 1.165) is 0 Å². The standard InChI is InChI=1S/C14H18N2O7S/c1-7(17)20-6-10-11(21-8(2)18)12(22-9(3)19)13(23-10)16-5-4-15-14(16)24/h4-5,10-13H,6H2,1-3H3,(H,15,24)/t10-,11-,12+,13-/m1/s1. The summed E-state index contributed by atoms with van der Waals surface area (Å²) in [4.78, 5) is 36.7. The lowest BCUT2D eigenvalue weighted by atomic mass is 10.1. The van der Waals surface area contributed by atoms with Crippen LogP contribution >= 0.6 is 12.2 Å². The van der Waals surface area contributed by atoms with Crippen molar-refractivity contribution in [2.24, 2.45) is 0 Å². The number of hydrogen-bond donors (Lipinski definition) is 1. The molecule has 1 fully saturated rings. The summed E-state index contributed by atoms with van der Waals surface area (Å²) in [6, 6.07) is 0. The fourth-order valence-electron chi connectivity index (χ4n) is 2.45. The molecule has 1 saturated heterocycles. The van der Waals surface area contributed by atoms with E-state index >= 15 is 0 Å². The van der Waals surface area contributed by atoms with Gasteiger partial charge in [-0.25, -0.2) is 0 Å². The second-order valence-electron chi connectivity index (χ2n) is 5.19. The third-order valence-electron chi connectivity index (χ3n) is 3.29. The molecule has 0 bridgehead atoms. The lowest BCUT2D eigenvalue weighted by Gasteiger charge is -2.23. The number of rotatable bonds is 5. The minimum Gasteiger partial charge on any atom is -0.463 e. The molecule has 1 aromatic heterocycles. The van der Waals surface area contributed by atoms with E-state index in [1.807, 2.05) is 0 Å². The smallest absolute Gasteiger partial charge is 0.303 e. The summed E-state index contributed by atoms with van der Waals surface area (Å²) in [5.74, 6) is -1.65. The molecule has 1 N–H and O–H groups in total. The van der Waals surface area contributed by atoms with Gasteiger partial charge in [0.2, 0.25) is 0 Å². The Labute approximate surface area is 142 Å².